The monoisotopic (exact) mass is 757 g/mol. The first kappa shape index (κ1) is 30.1. The normalized spacial score (nSPS) is 28.0. The molecule has 5 aromatic carbocycles. The van der Waals surface area contributed by atoms with Gasteiger partial charge in [0.05, 0.1) is 40.6 Å². The Hall–Kier alpha value is -6.00. The van der Waals surface area contributed by atoms with E-state index in [4.69, 9.17) is 14.4 Å². The van der Waals surface area contributed by atoms with Gasteiger partial charge in [0.25, 0.3) is 0 Å². The summed E-state index contributed by atoms with van der Waals surface area (Å²) in [6.07, 6.45) is 12.8. The van der Waals surface area contributed by atoms with Gasteiger partial charge in [0, 0.05) is 55.3 Å². The van der Waals surface area contributed by atoms with E-state index in [-0.39, 0.29) is 17.3 Å². The van der Waals surface area contributed by atoms with E-state index in [1.807, 2.05) is 0 Å². The zero-order chi connectivity index (χ0) is 38.1. The van der Waals surface area contributed by atoms with Crippen LogP contribution in [0, 0.1) is 10.8 Å². The van der Waals surface area contributed by atoms with Crippen LogP contribution in [0.5, 0.6) is 0 Å². The summed E-state index contributed by atoms with van der Waals surface area (Å²) in [5, 5.41) is 8.13. The molecule has 0 amide bonds. The minimum Gasteiger partial charge on any atom is -0.456 e. The Morgan fingerprint density at radius 1 is 0.576 bits per heavy atom. The molecular weight excluding hydrogens is 719 g/mol. The van der Waals surface area contributed by atoms with Gasteiger partial charge in [-0.1, -0.05) is 80.6 Å². The molecule has 2 spiro atoms. The van der Waals surface area contributed by atoms with Crippen LogP contribution < -0.4 is 0 Å². The van der Waals surface area contributed by atoms with Crippen molar-refractivity contribution in [3.8, 4) is 11.1 Å². The molecular formula is C55H39N3O. The summed E-state index contributed by atoms with van der Waals surface area (Å²) in [5.41, 5.74) is 23.6. The maximum Gasteiger partial charge on any atom is 0.136 e. The number of aromatic nitrogens is 3. The molecule has 5 heterocycles. The molecule has 0 radical (unpaired) electrons. The van der Waals surface area contributed by atoms with Crippen molar-refractivity contribution in [2.75, 3.05) is 0 Å². The molecule has 0 atom stereocenters. The lowest BCUT2D eigenvalue weighted by Crippen LogP contribution is -2.56. The molecule has 10 aromatic rings. The number of para-hydroxylation sites is 1. The molecule has 5 saturated carbocycles. The first-order valence-corrected chi connectivity index (χ1v) is 22.1. The van der Waals surface area contributed by atoms with Crippen LogP contribution in [0.15, 0.2) is 108 Å². The van der Waals surface area contributed by atoms with Gasteiger partial charge in [0.15, 0.2) is 0 Å². The maximum absolute atomic E-state index is 6.64. The van der Waals surface area contributed by atoms with E-state index in [1.54, 1.807) is 5.56 Å². The fourth-order valence-corrected chi connectivity index (χ4v) is 16.4. The highest BCUT2D eigenvalue weighted by atomic mass is 16.3. The molecule has 280 valence electrons. The smallest absolute Gasteiger partial charge is 0.136 e. The summed E-state index contributed by atoms with van der Waals surface area (Å²) in [6.45, 7) is 4.97. The lowest BCUT2D eigenvalue weighted by Gasteiger charge is -2.67. The van der Waals surface area contributed by atoms with Crippen molar-refractivity contribution in [2.24, 2.45) is 10.8 Å². The minimum atomic E-state index is -0.254. The number of fused-ring (bicyclic) bond motifs is 13. The van der Waals surface area contributed by atoms with E-state index in [1.165, 1.54) is 149 Å². The zero-order valence-electron chi connectivity index (χ0n) is 33.1. The average Bonchev–Trinajstić information content (AvgIpc) is 3.93. The number of hydrogen-bond donors (Lipinski definition) is 0. The van der Waals surface area contributed by atoms with Crippen LogP contribution in [0.2, 0.25) is 0 Å². The molecule has 4 nitrogen and oxygen atoms in total. The second-order valence-electron chi connectivity index (χ2n) is 20.8. The fraction of sp³-hybridized carbons (Fsp3) is 0.273. The van der Waals surface area contributed by atoms with Crippen molar-refractivity contribution in [2.45, 2.75) is 81.5 Å². The molecule has 21 rings (SSSR count). The van der Waals surface area contributed by atoms with Crippen LogP contribution in [-0.4, -0.2) is 14.4 Å². The lowest BCUT2D eigenvalue weighted by molar-refractivity contribution is -0.150. The van der Waals surface area contributed by atoms with E-state index in [0.717, 1.165) is 11.2 Å². The van der Waals surface area contributed by atoms with E-state index in [9.17, 15) is 0 Å². The van der Waals surface area contributed by atoms with Crippen LogP contribution in [0.4, 0.5) is 0 Å². The third-order valence-corrected chi connectivity index (χ3v) is 17.7. The van der Waals surface area contributed by atoms with Crippen LogP contribution in [0.1, 0.15) is 132 Å². The summed E-state index contributed by atoms with van der Waals surface area (Å²) in [7, 11) is 0. The second-order valence-corrected chi connectivity index (χ2v) is 20.8. The highest BCUT2D eigenvalue weighted by molar-refractivity contribution is 6.28. The molecule has 5 aromatic heterocycles. The Morgan fingerprint density at radius 3 is 1.97 bits per heavy atom. The predicted molar refractivity (Wildman–Crippen MR) is 234 cm³/mol. The van der Waals surface area contributed by atoms with Crippen LogP contribution in [0.3, 0.4) is 0 Å². The fourth-order valence-electron chi connectivity index (χ4n) is 16.4. The van der Waals surface area contributed by atoms with Crippen molar-refractivity contribution in [1.82, 2.24) is 14.4 Å². The molecule has 4 heteroatoms. The van der Waals surface area contributed by atoms with Gasteiger partial charge < -0.3 is 8.82 Å². The Labute approximate surface area is 340 Å². The first-order chi connectivity index (χ1) is 28.9. The van der Waals surface area contributed by atoms with E-state index in [0.29, 0.717) is 22.7 Å². The number of hydrogen-bond acceptors (Lipinski definition) is 3. The molecule has 5 fully saturated rings. The van der Waals surface area contributed by atoms with Gasteiger partial charge in [-0.25, -0.2) is 0 Å². The Morgan fingerprint density at radius 2 is 1.22 bits per heavy atom. The molecule has 11 aliphatic carbocycles. The van der Waals surface area contributed by atoms with E-state index >= 15 is 0 Å². The molecule has 0 unspecified atom stereocenters. The van der Waals surface area contributed by atoms with Crippen LogP contribution in [0.25, 0.3) is 71.2 Å². The van der Waals surface area contributed by atoms with E-state index in [2.05, 4.69) is 122 Å². The van der Waals surface area contributed by atoms with Crippen molar-refractivity contribution in [3.05, 3.63) is 159 Å². The lowest BCUT2D eigenvalue weighted by atomic mass is 9.37. The highest BCUT2D eigenvalue weighted by Gasteiger charge is 2.66. The highest BCUT2D eigenvalue weighted by Crippen LogP contribution is 2.78. The van der Waals surface area contributed by atoms with Crippen molar-refractivity contribution >= 4 is 60.0 Å². The number of benzene rings is 5. The summed E-state index contributed by atoms with van der Waals surface area (Å²) in [6, 6.07) is 34.5. The average molecular weight is 758 g/mol. The van der Waals surface area contributed by atoms with Crippen molar-refractivity contribution < 1.29 is 4.42 Å². The van der Waals surface area contributed by atoms with Crippen LogP contribution >= 0.6 is 0 Å². The van der Waals surface area contributed by atoms with Crippen LogP contribution in [-0.2, 0) is 5.41 Å². The molecule has 59 heavy (non-hydrogen) atoms. The summed E-state index contributed by atoms with van der Waals surface area (Å²) in [5.74, 6) is 1.43. The second kappa shape index (κ2) is 9.09. The third-order valence-electron chi connectivity index (χ3n) is 17.7. The van der Waals surface area contributed by atoms with Gasteiger partial charge in [-0.2, -0.15) is 0 Å². The number of pyridine rings is 2. The molecule has 6 bridgehead atoms. The Kier molecular flexibility index (Phi) is 4.64. The quantitative estimate of drug-likeness (QED) is 0.155. The molecule has 11 aliphatic rings. The summed E-state index contributed by atoms with van der Waals surface area (Å²) in [4.78, 5) is 11.2. The predicted octanol–water partition coefficient (Wildman–Crippen LogP) is 13.4. The third kappa shape index (κ3) is 3.09. The summed E-state index contributed by atoms with van der Waals surface area (Å²) >= 11 is 0. The van der Waals surface area contributed by atoms with Gasteiger partial charge in [0.1, 0.15) is 11.2 Å². The SMILES string of the molecule is CC1(C)c2cc3c(cc2-c2cc4c5c6c(ncc5n5c7cnc8c(c7c(c21)c45)C1c2ccccc2C8c2ccccc21)C1CC24CC6CC(C1)(C2)C4)oc1ccccc13. The van der Waals surface area contributed by atoms with Crippen molar-refractivity contribution in [3.63, 3.8) is 0 Å². The molecule has 0 saturated heterocycles. The first-order valence-electron chi connectivity index (χ1n) is 22.1. The maximum atomic E-state index is 6.64. The molecule has 0 aliphatic heterocycles. The topological polar surface area (TPSA) is 43.3 Å². The van der Waals surface area contributed by atoms with Gasteiger partial charge in [0.2, 0.25) is 0 Å². The number of furan rings is 1. The number of rotatable bonds is 0. The zero-order valence-corrected chi connectivity index (χ0v) is 33.1. The van der Waals surface area contributed by atoms with Gasteiger partial charge in [-0.05, 0) is 135 Å². The van der Waals surface area contributed by atoms with Gasteiger partial charge >= 0.3 is 0 Å². The summed E-state index contributed by atoms with van der Waals surface area (Å²) < 4.78 is 9.28. The van der Waals surface area contributed by atoms with Gasteiger partial charge in [-0.3, -0.25) is 9.97 Å². The standard InChI is InChI=1S/C55H39N3O/c1-53(2)37-16-34-28-9-7-8-14-40(28)59-41(34)17-33(37)35-15-36-45-38(22-56-50-27-20-54-18-26(42(45)50)19-55(21-27,24-54)25-54)58-39-23-57-51-44-31-12-5-3-10-29(31)43(30-11-4-6-13-32(30)44)47(51)46(39)48(49(35)53)52(36)58/h3-17,22-23,26-27,43-44H,18-21,24-25H2,1-2H3. The van der Waals surface area contributed by atoms with E-state index < -0.39 is 0 Å². The number of nitrogens with zero attached hydrogens (tertiary/aromatic N) is 3. The van der Waals surface area contributed by atoms with Gasteiger partial charge in [-0.15, -0.1) is 0 Å². The largest absolute Gasteiger partial charge is 0.456 e. The Bertz CT molecular complexity index is 3630. The minimum absolute atomic E-state index is 0.121. The Balaban J connectivity index is 1.07. The molecule has 0 N–H and O–H groups in total. The van der Waals surface area contributed by atoms with Crippen molar-refractivity contribution in [1.29, 1.82) is 0 Å².